The Morgan fingerprint density at radius 1 is 0.769 bits per heavy atom. The van der Waals surface area contributed by atoms with E-state index >= 15 is 0 Å². The number of alkyl halides is 9. The van der Waals surface area contributed by atoms with Gasteiger partial charge >= 0.3 is 30.8 Å². The van der Waals surface area contributed by atoms with Crippen molar-refractivity contribution in [3.05, 3.63) is 87.7 Å². The number of methoxy groups -OCH3 is 1. The highest BCUT2D eigenvalue weighted by Gasteiger charge is 2.41. The molecule has 1 amide bonds. The van der Waals surface area contributed by atoms with Crippen LogP contribution in [0.15, 0.2) is 48.5 Å². The quantitative estimate of drug-likeness (QED) is 0.173. The standard InChI is InChI=1S/C35H35F10NO6/c1-17(2)25-14-26(28(50-7)15-27(25)36)24-9-8-21(33(37,38)39)12-20(24)16-46(30(47)52-32(4,5)6)18(3)29(51-31(48)49)19-10-22(34(40,41)42)13-23(11-19)35(43,44)45/h8-15,17-18,29H,16H2,1-7H3,(H,48,49)/t18-,29-/m0/s1. The van der Waals surface area contributed by atoms with Gasteiger partial charge in [0, 0.05) is 11.6 Å². The molecule has 3 aromatic carbocycles. The van der Waals surface area contributed by atoms with E-state index in [1.165, 1.54) is 33.9 Å². The molecule has 7 nitrogen and oxygen atoms in total. The van der Waals surface area contributed by atoms with Crippen molar-refractivity contribution < 1.29 is 72.8 Å². The molecule has 52 heavy (non-hydrogen) atoms. The smallest absolute Gasteiger partial charge is 0.496 e. The number of carbonyl (C=O) groups excluding carboxylic acids is 1. The fourth-order valence-electron chi connectivity index (χ4n) is 5.30. The van der Waals surface area contributed by atoms with Crippen molar-refractivity contribution in [3.8, 4) is 16.9 Å². The van der Waals surface area contributed by atoms with Crippen LogP contribution in [0.3, 0.4) is 0 Å². The number of amides is 1. The maximum Gasteiger partial charge on any atom is 0.506 e. The fraction of sp³-hybridized carbons (Fsp3) is 0.429. The Morgan fingerprint density at radius 2 is 1.31 bits per heavy atom. The molecule has 0 aliphatic rings. The molecule has 0 saturated heterocycles. The normalized spacial score (nSPS) is 13.8. The Kier molecular flexibility index (Phi) is 12.1. The van der Waals surface area contributed by atoms with Crippen LogP contribution in [0.1, 0.15) is 86.9 Å². The third kappa shape index (κ3) is 10.2. The number of rotatable bonds is 9. The lowest BCUT2D eigenvalue weighted by Crippen LogP contribution is -2.45. The predicted octanol–water partition coefficient (Wildman–Crippen LogP) is 11.2. The molecule has 0 aliphatic carbocycles. The Balaban J connectivity index is 2.38. The molecular weight excluding hydrogens is 720 g/mol. The highest BCUT2D eigenvalue weighted by atomic mass is 19.4. The van der Waals surface area contributed by atoms with Crippen molar-refractivity contribution in [2.75, 3.05) is 7.11 Å². The molecule has 3 aromatic rings. The van der Waals surface area contributed by atoms with E-state index < -0.39 is 89.1 Å². The Hall–Kier alpha value is -4.70. The van der Waals surface area contributed by atoms with E-state index in [2.05, 4.69) is 0 Å². The topological polar surface area (TPSA) is 85.3 Å². The molecule has 2 atom stereocenters. The van der Waals surface area contributed by atoms with E-state index in [0.717, 1.165) is 19.1 Å². The summed E-state index contributed by atoms with van der Waals surface area (Å²) in [5.41, 5.74) is -7.31. The summed E-state index contributed by atoms with van der Waals surface area (Å²) in [4.78, 5) is 26.2. The van der Waals surface area contributed by atoms with Gasteiger partial charge in [-0.1, -0.05) is 19.9 Å². The third-order valence-corrected chi connectivity index (χ3v) is 7.73. The number of halogens is 10. The van der Waals surface area contributed by atoms with Crippen LogP contribution in [-0.2, 0) is 34.5 Å². The Labute approximate surface area is 292 Å². The monoisotopic (exact) mass is 755 g/mol. The lowest BCUT2D eigenvalue weighted by atomic mass is 9.91. The van der Waals surface area contributed by atoms with Crippen LogP contribution in [0, 0.1) is 5.82 Å². The summed E-state index contributed by atoms with van der Waals surface area (Å²) in [5.74, 6) is -1.25. The van der Waals surface area contributed by atoms with Gasteiger partial charge in [-0.15, -0.1) is 0 Å². The molecule has 0 unspecified atom stereocenters. The van der Waals surface area contributed by atoms with Crippen LogP contribution >= 0.6 is 0 Å². The first-order valence-corrected chi connectivity index (χ1v) is 15.4. The van der Waals surface area contributed by atoms with E-state index in [-0.39, 0.29) is 46.2 Å². The lowest BCUT2D eigenvalue weighted by Gasteiger charge is -2.36. The summed E-state index contributed by atoms with van der Waals surface area (Å²) in [6.45, 7) is 7.59. The van der Waals surface area contributed by atoms with E-state index in [0.29, 0.717) is 17.0 Å². The molecule has 0 heterocycles. The molecule has 3 rings (SSSR count). The Bertz CT molecular complexity index is 1750. The maximum atomic E-state index is 14.9. The fourth-order valence-corrected chi connectivity index (χ4v) is 5.30. The van der Waals surface area contributed by atoms with Crippen molar-refractivity contribution in [3.63, 3.8) is 0 Å². The highest BCUT2D eigenvalue weighted by molar-refractivity contribution is 5.76. The minimum Gasteiger partial charge on any atom is -0.496 e. The second-order valence-electron chi connectivity index (χ2n) is 13.1. The number of ether oxygens (including phenoxy) is 3. The number of benzene rings is 3. The van der Waals surface area contributed by atoms with Crippen molar-refractivity contribution in [1.82, 2.24) is 4.90 Å². The molecule has 0 spiro atoms. The summed E-state index contributed by atoms with van der Waals surface area (Å²) < 4.78 is 155. The van der Waals surface area contributed by atoms with Gasteiger partial charge in [0.25, 0.3) is 0 Å². The first kappa shape index (κ1) is 41.7. The molecule has 0 radical (unpaired) electrons. The minimum atomic E-state index is -5.35. The van der Waals surface area contributed by atoms with Gasteiger partial charge in [-0.2, -0.15) is 39.5 Å². The molecular formula is C35H35F10NO6. The van der Waals surface area contributed by atoms with Gasteiger partial charge in [0.1, 0.15) is 17.2 Å². The molecule has 286 valence electrons. The van der Waals surface area contributed by atoms with Crippen LogP contribution in [0.25, 0.3) is 11.1 Å². The third-order valence-electron chi connectivity index (χ3n) is 7.73. The molecule has 17 heteroatoms. The van der Waals surface area contributed by atoms with Crippen molar-refractivity contribution >= 4 is 12.2 Å². The number of carboxylic acid groups (broad SMARTS) is 1. The Morgan fingerprint density at radius 3 is 1.75 bits per heavy atom. The van der Waals surface area contributed by atoms with Crippen LogP contribution in [0.2, 0.25) is 0 Å². The zero-order valence-corrected chi connectivity index (χ0v) is 28.8. The second kappa shape index (κ2) is 15.1. The van der Waals surface area contributed by atoms with E-state index in [1.807, 2.05) is 0 Å². The number of hydrogen-bond acceptors (Lipinski definition) is 5. The predicted molar refractivity (Wildman–Crippen MR) is 167 cm³/mol. The van der Waals surface area contributed by atoms with Gasteiger partial charge in [0.2, 0.25) is 0 Å². The van der Waals surface area contributed by atoms with Gasteiger partial charge in [0.15, 0.2) is 6.10 Å². The maximum absolute atomic E-state index is 14.9. The lowest BCUT2D eigenvalue weighted by molar-refractivity contribution is -0.143. The number of nitrogens with zero attached hydrogens (tertiary/aromatic N) is 1. The molecule has 0 bridgehead atoms. The molecule has 0 fully saturated rings. The summed E-state index contributed by atoms with van der Waals surface area (Å²) in [6.07, 6.45) is -21.5. The SMILES string of the molecule is COc1cc(F)c(C(C)C)cc1-c1ccc(C(F)(F)F)cc1CN(C(=O)OC(C)(C)C)[C@@H](C)[C@H](OC(=O)O)c1cc(C(F)(F)F)cc(C(F)(F)F)c1. The van der Waals surface area contributed by atoms with Gasteiger partial charge < -0.3 is 19.3 Å². The van der Waals surface area contributed by atoms with Crippen LogP contribution in [0.4, 0.5) is 53.5 Å². The van der Waals surface area contributed by atoms with Crippen molar-refractivity contribution in [2.24, 2.45) is 0 Å². The first-order chi connectivity index (χ1) is 23.6. The summed E-state index contributed by atoms with van der Waals surface area (Å²) in [7, 11) is 1.17. The second-order valence-corrected chi connectivity index (χ2v) is 13.1. The zero-order valence-electron chi connectivity index (χ0n) is 28.8. The molecule has 0 aliphatic heterocycles. The van der Waals surface area contributed by atoms with E-state index in [1.54, 1.807) is 13.8 Å². The minimum absolute atomic E-state index is 0.0401. The van der Waals surface area contributed by atoms with Gasteiger partial charge in [0.05, 0.1) is 36.4 Å². The van der Waals surface area contributed by atoms with Crippen LogP contribution in [0.5, 0.6) is 5.75 Å². The van der Waals surface area contributed by atoms with Gasteiger partial charge in [-0.05, 0) is 92.3 Å². The average molecular weight is 756 g/mol. The molecule has 0 saturated carbocycles. The summed E-state index contributed by atoms with van der Waals surface area (Å²) >= 11 is 0. The summed E-state index contributed by atoms with van der Waals surface area (Å²) in [5, 5.41) is 9.55. The largest absolute Gasteiger partial charge is 0.506 e. The summed E-state index contributed by atoms with van der Waals surface area (Å²) in [6, 6.07) is 3.06. The highest BCUT2D eigenvalue weighted by Crippen LogP contribution is 2.42. The van der Waals surface area contributed by atoms with Gasteiger partial charge in [-0.25, -0.2) is 14.0 Å². The van der Waals surface area contributed by atoms with Crippen molar-refractivity contribution in [1.29, 1.82) is 0 Å². The van der Waals surface area contributed by atoms with E-state index in [4.69, 9.17) is 14.2 Å². The first-order valence-electron chi connectivity index (χ1n) is 15.4. The zero-order chi connectivity index (χ0) is 39.7. The van der Waals surface area contributed by atoms with Crippen molar-refractivity contribution in [2.45, 2.75) is 90.3 Å². The average Bonchev–Trinajstić information content (AvgIpc) is 2.99. The van der Waals surface area contributed by atoms with Crippen LogP contribution < -0.4 is 4.74 Å². The van der Waals surface area contributed by atoms with E-state index in [9.17, 15) is 58.6 Å². The van der Waals surface area contributed by atoms with Gasteiger partial charge in [-0.3, -0.25) is 4.90 Å². The molecule has 1 N–H and O–H groups in total. The number of hydrogen-bond donors (Lipinski definition) is 1. The van der Waals surface area contributed by atoms with Crippen LogP contribution in [-0.4, -0.2) is 41.0 Å². The molecule has 0 aromatic heterocycles. The number of carbonyl (C=O) groups is 2.